The lowest BCUT2D eigenvalue weighted by atomic mass is 9.97. The maximum absolute atomic E-state index is 3.57. The standard InChI is InChI=1S/C15H25NS/c1-5-16-15(11-12(3)4)13-7-9-14(10-8-13)17-6-2/h7-10,12,15-16H,5-6,11H2,1-4H3. The molecule has 0 saturated carbocycles. The quantitative estimate of drug-likeness (QED) is 0.716. The molecule has 17 heavy (non-hydrogen) atoms. The average Bonchev–Trinajstić information content (AvgIpc) is 2.29. The lowest BCUT2D eigenvalue weighted by Crippen LogP contribution is -2.22. The van der Waals surface area contributed by atoms with Crippen molar-refractivity contribution in [2.24, 2.45) is 5.92 Å². The van der Waals surface area contributed by atoms with Gasteiger partial charge in [-0.05, 0) is 42.3 Å². The Morgan fingerprint density at radius 3 is 2.24 bits per heavy atom. The van der Waals surface area contributed by atoms with Crippen LogP contribution in [-0.2, 0) is 0 Å². The summed E-state index contributed by atoms with van der Waals surface area (Å²) in [6, 6.07) is 9.53. The molecule has 0 radical (unpaired) electrons. The van der Waals surface area contributed by atoms with Crippen LogP contribution in [0.15, 0.2) is 29.2 Å². The van der Waals surface area contributed by atoms with Gasteiger partial charge in [0, 0.05) is 10.9 Å². The Labute approximate surface area is 110 Å². The molecule has 0 aliphatic heterocycles. The second kappa shape index (κ2) is 7.78. The molecule has 1 N–H and O–H groups in total. The summed E-state index contributed by atoms with van der Waals surface area (Å²) in [6.45, 7) is 9.97. The van der Waals surface area contributed by atoms with Crippen LogP contribution in [0.5, 0.6) is 0 Å². The molecule has 0 aromatic heterocycles. The first-order chi connectivity index (χ1) is 8.17. The zero-order chi connectivity index (χ0) is 12.7. The Hall–Kier alpha value is -0.470. The predicted molar refractivity (Wildman–Crippen MR) is 78.7 cm³/mol. The summed E-state index contributed by atoms with van der Waals surface area (Å²) in [5, 5.41) is 3.57. The van der Waals surface area contributed by atoms with Gasteiger partial charge in [-0.1, -0.05) is 39.8 Å². The molecular weight excluding hydrogens is 226 g/mol. The van der Waals surface area contributed by atoms with E-state index in [1.165, 1.54) is 16.9 Å². The first-order valence-corrected chi connectivity index (χ1v) is 7.62. The van der Waals surface area contributed by atoms with Crippen molar-refractivity contribution in [2.75, 3.05) is 12.3 Å². The van der Waals surface area contributed by atoms with Crippen LogP contribution in [0.3, 0.4) is 0 Å². The van der Waals surface area contributed by atoms with Crippen LogP contribution in [0.4, 0.5) is 0 Å². The number of hydrogen-bond acceptors (Lipinski definition) is 2. The molecule has 1 unspecified atom stereocenters. The van der Waals surface area contributed by atoms with Gasteiger partial charge in [-0.25, -0.2) is 0 Å². The van der Waals surface area contributed by atoms with E-state index in [0.29, 0.717) is 6.04 Å². The van der Waals surface area contributed by atoms with Gasteiger partial charge in [-0.3, -0.25) is 0 Å². The number of rotatable bonds is 7. The van der Waals surface area contributed by atoms with E-state index in [9.17, 15) is 0 Å². The Balaban J connectivity index is 2.72. The minimum atomic E-state index is 0.501. The molecule has 1 aromatic carbocycles. The van der Waals surface area contributed by atoms with Crippen molar-refractivity contribution in [3.8, 4) is 0 Å². The fraction of sp³-hybridized carbons (Fsp3) is 0.600. The first-order valence-electron chi connectivity index (χ1n) is 6.63. The Morgan fingerprint density at radius 1 is 1.12 bits per heavy atom. The summed E-state index contributed by atoms with van der Waals surface area (Å²) in [4.78, 5) is 1.37. The fourth-order valence-corrected chi connectivity index (χ4v) is 2.68. The van der Waals surface area contributed by atoms with E-state index < -0.39 is 0 Å². The van der Waals surface area contributed by atoms with Gasteiger partial charge in [0.1, 0.15) is 0 Å². The molecule has 0 saturated heterocycles. The zero-order valence-corrected chi connectivity index (χ0v) is 12.3. The van der Waals surface area contributed by atoms with Gasteiger partial charge in [-0.15, -0.1) is 11.8 Å². The first kappa shape index (κ1) is 14.6. The van der Waals surface area contributed by atoms with Crippen molar-refractivity contribution in [1.82, 2.24) is 5.32 Å². The molecule has 1 rings (SSSR count). The van der Waals surface area contributed by atoms with Crippen molar-refractivity contribution in [2.45, 2.75) is 45.1 Å². The van der Waals surface area contributed by atoms with Crippen molar-refractivity contribution in [3.63, 3.8) is 0 Å². The van der Waals surface area contributed by atoms with E-state index in [2.05, 4.69) is 57.3 Å². The molecule has 1 atom stereocenters. The third-order valence-electron chi connectivity index (χ3n) is 2.75. The third-order valence-corrected chi connectivity index (χ3v) is 3.65. The van der Waals surface area contributed by atoms with Crippen molar-refractivity contribution >= 4 is 11.8 Å². The van der Waals surface area contributed by atoms with Gasteiger partial charge in [0.15, 0.2) is 0 Å². The lowest BCUT2D eigenvalue weighted by Gasteiger charge is -2.20. The van der Waals surface area contributed by atoms with Crippen LogP contribution < -0.4 is 5.32 Å². The molecular formula is C15H25NS. The van der Waals surface area contributed by atoms with Crippen LogP contribution in [0.25, 0.3) is 0 Å². The Morgan fingerprint density at radius 2 is 1.76 bits per heavy atom. The predicted octanol–water partition coefficient (Wildman–Crippen LogP) is 4.50. The molecule has 0 aliphatic carbocycles. The molecule has 0 aliphatic rings. The topological polar surface area (TPSA) is 12.0 Å². The Bertz CT molecular complexity index is 305. The van der Waals surface area contributed by atoms with Gasteiger partial charge < -0.3 is 5.32 Å². The molecule has 2 heteroatoms. The van der Waals surface area contributed by atoms with Gasteiger partial charge >= 0.3 is 0 Å². The van der Waals surface area contributed by atoms with E-state index in [1.54, 1.807) is 0 Å². The zero-order valence-electron chi connectivity index (χ0n) is 11.5. The van der Waals surface area contributed by atoms with E-state index in [0.717, 1.165) is 18.2 Å². The van der Waals surface area contributed by atoms with E-state index >= 15 is 0 Å². The highest BCUT2D eigenvalue weighted by atomic mass is 32.2. The number of benzene rings is 1. The third kappa shape index (κ3) is 5.13. The SMILES string of the molecule is CCNC(CC(C)C)c1ccc(SCC)cc1. The summed E-state index contributed by atoms with van der Waals surface area (Å²) in [7, 11) is 0. The molecule has 1 nitrogen and oxygen atoms in total. The van der Waals surface area contributed by atoms with Crippen LogP contribution in [0.2, 0.25) is 0 Å². The normalized spacial score (nSPS) is 13.0. The summed E-state index contributed by atoms with van der Waals surface area (Å²) >= 11 is 1.90. The molecule has 0 heterocycles. The van der Waals surface area contributed by atoms with Crippen LogP contribution in [0, 0.1) is 5.92 Å². The highest BCUT2D eigenvalue weighted by Gasteiger charge is 2.11. The molecule has 96 valence electrons. The van der Waals surface area contributed by atoms with Crippen LogP contribution >= 0.6 is 11.8 Å². The molecule has 1 aromatic rings. The van der Waals surface area contributed by atoms with Crippen LogP contribution in [-0.4, -0.2) is 12.3 Å². The van der Waals surface area contributed by atoms with Gasteiger partial charge in [0.2, 0.25) is 0 Å². The van der Waals surface area contributed by atoms with Crippen molar-refractivity contribution < 1.29 is 0 Å². The molecule has 0 bridgehead atoms. The van der Waals surface area contributed by atoms with Gasteiger partial charge in [-0.2, -0.15) is 0 Å². The van der Waals surface area contributed by atoms with Crippen LogP contribution in [0.1, 0.15) is 45.7 Å². The average molecular weight is 251 g/mol. The number of nitrogens with one attached hydrogen (secondary N) is 1. The highest BCUT2D eigenvalue weighted by Crippen LogP contribution is 2.24. The minimum absolute atomic E-state index is 0.501. The fourth-order valence-electron chi connectivity index (χ4n) is 2.02. The van der Waals surface area contributed by atoms with Gasteiger partial charge in [0.05, 0.1) is 0 Å². The second-order valence-corrected chi connectivity index (χ2v) is 6.08. The maximum Gasteiger partial charge on any atom is 0.0322 e. The maximum atomic E-state index is 3.57. The molecule has 0 fully saturated rings. The molecule has 0 spiro atoms. The summed E-state index contributed by atoms with van der Waals surface area (Å²) in [5.41, 5.74) is 1.42. The van der Waals surface area contributed by atoms with Crippen molar-refractivity contribution in [3.05, 3.63) is 29.8 Å². The summed E-state index contributed by atoms with van der Waals surface area (Å²) in [5.74, 6) is 1.87. The van der Waals surface area contributed by atoms with Gasteiger partial charge in [0.25, 0.3) is 0 Å². The second-order valence-electron chi connectivity index (χ2n) is 4.74. The summed E-state index contributed by atoms with van der Waals surface area (Å²) in [6.07, 6.45) is 1.20. The monoisotopic (exact) mass is 251 g/mol. The van der Waals surface area contributed by atoms with E-state index in [1.807, 2.05) is 11.8 Å². The molecule has 0 amide bonds. The Kier molecular flexibility index (Phi) is 6.68. The smallest absolute Gasteiger partial charge is 0.0322 e. The highest BCUT2D eigenvalue weighted by molar-refractivity contribution is 7.99. The minimum Gasteiger partial charge on any atom is -0.310 e. The van der Waals surface area contributed by atoms with Crippen molar-refractivity contribution in [1.29, 1.82) is 0 Å². The van der Waals surface area contributed by atoms with E-state index in [-0.39, 0.29) is 0 Å². The lowest BCUT2D eigenvalue weighted by molar-refractivity contribution is 0.438. The largest absolute Gasteiger partial charge is 0.310 e. The number of thioether (sulfide) groups is 1. The number of hydrogen-bond donors (Lipinski definition) is 1. The summed E-state index contributed by atoms with van der Waals surface area (Å²) < 4.78 is 0. The van der Waals surface area contributed by atoms with E-state index in [4.69, 9.17) is 0 Å².